The zero-order valence-corrected chi connectivity index (χ0v) is 7.90. The van der Waals surface area contributed by atoms with Gasteiger partial charge in [0.1, 0.15) is 0 Å². The highest BCUT2D eigenvalue weighted by Crippen LogP contribution is 2.16. The van der Waals surface area contributed by atoms with Crippen molar-refractivity contribution in [3.63, 3.8) is 0 Å². The number of halogens is 2. The first-order chi connectivity index (χ1) is 5.22. The van der Waals surface area contributed by atoms with Crippen molar-refractivity contribution in [3.8, 4) is 0 Å². The highest BCUT2D eigenvalue weighted by Gasteiger charge is 2.14. The van der Waals surface area contributed by atoms with Crippen molar-refractivity contribution in [2.24, 2.45) is 4.99 Å². The van der Waals surface area contributed by atoms with Crippen molar-refractivity contribution < 1.29 is 4.79 Å². The zero-order valence-electron chi connectivity index (χ0n) is 6.39. The molecule has 0 fully saturated rings. The predicted octanol–water partition coefficient (Wildman–Crippen LogP) is 2.68. The maximum absolute atomic E-state index is 9.76. The van der Waals surface area contributed by atoms with Crippen LogP contribution in [0.25, 0.3) is 0 Å². The van der Waals surface area contributed by atoms with Crippen LogP contribution in [0.3, 0.4) is 0 Å². The lowest BCUT2D eigenvalue weighted by molar-refractivity contribution is 0.559. The monoisotopic (exact) mass is 195 g/mol. The van der Waals surface area contributed by atoms with E-state index in [-0.39, 0.29) is 5.38 Å². The molecular formula is C7H11Cl2NO. The number of aliphatic imine (C=N–C) groups is 1. The Kier molecular flexibility index (Phi) is 6.63. The molecule has 0 aromatic carbocycles. The number of hydrogen-bond acceptors (Lipinski definition) is 2. The Morgan fingerprint density at radius 1 is 1.55 bits per heavy atom. The lowest BCUT2D eigenvalue weighted by atomic mass is 10.2. The standard InChI is InChI=1S/C7H11Cl2NO/c1-2-3-4-6(8)7(9)10-5-11/h6-7H,2-4H2,1H3. The Bertz CT molecular complexity index is 145. The largest absolute Gasteiger partial charge is 0.236 e. The van der Waals surface area contributed by atoms with Crippen LogP contribution in [0, 0.1) is 0 Å². The summed E-state index contributed by atoms with van der Waals surface area (Å²) < 4.78 is 0. The second-order valence-corrected chi connectivity index (χ2v) is 3.26. The molecule has 0 aliphatic heterocycles. The molecule has 0 bridgehead atoms. The van der Waals surface area contributed by atoms with E-state index in [1.165, 1.54) is 6.08 Å². The second kappa shape index (κ2) is 6.66. The molecule has 0 amide bonds. The normalized spacial score (nSPS) is 15.2. The van der Waals surface area contributed by atoms with Crippen LogP contribution in [-0.4, -0.2) is 17.0 Å². The number of alkyl halides is 2. The molecule has 0 saturated heterocycles. The van der Waals surface area contributed by atoms with Gasteiger partial charge in [-0.1, -0.05) is 31.4 Å². The molecule has 0 aromatic rings. The number of unbranched alkanes of at least 4 members (excludes halogenated alkanes) is 1. The molecule has 0 spiro atoms. The first-order valence-electron chi connectivity index (χ1n) is 3.57. The molecule has 0 saturated carbocycles. The molecule has 0 aliphatic rings. The summed E-state index contributed by atoms with van der Waals surface area (Å²) >= 11 is 11.4. The van der Waals surface area contributed by atoms with Crippen molar-refractivity contribution >= 4 is 29.3 Å². The van der Waals surface area contributed by atoms with Gasteiger partial charge in [0.05, 0.1) is 5.38 Å². The summed E-state index contributed by atoms with van der Waals surface area (Å²) in [6, 6.07) is 0. The molecule has 0 N–H and O–H groups in total. The van der Waals surface area contributed by atoms with E-state index in [2.05, 4.69) is 11.9 Å². The summed E-state index contributed by atoms with van der Waals surface area (Å²) in [5.41, 5.74) is -0.624. The minimum absolute atomic E-state index is 0.252. The molecule has 2 unspecified atom stereocenters. The van der Waals surface area contributed by atoms with Crippen LogP contribution in [0.2, 0.25) is 0 Å². The van der Waals surface area contributed by atoms with E-state index < -0.39 is 5.50 Å². The van der Waals surface area contributed by atoms with Crippen LogP contribution in [0.4, 0.5) is 0 Å². The van der Waals surface area contributed by atoms with Gasteiger partial charge < -0.3 is 0 Å². The van der Waals surface area contributed by atoms with Crippen LogP contribution in [-0.2, 0) is 4.79 Å². The van der Waals surface area contributed by atoms with E-state index in [0.717, 1.165) is 19.3 Å². The van der Waals surface area contributed by atoms with Gasteiger partial charge in [-0.05, 0) is 6.42 Å². The van der Waals surface area contributed by atoms with Crippen LogP contribution in [0.1, 0.15) is 26.2 Å². The average molecular weight is 196 g/mol. The van der Waals surface area contributed by atoms with Gasteiger partial charge in [0.15, 0.2) is 5.50 Å². The molecule has 0 aromatic heterocycles. The average Bonchev–Trinajstić information content (AvgIpc) is 2.00. The maximum atomic E-state index is 9.76. The second-order valence-electron chi connectivity index (χ2n) is 2.25. The van der Waals surface area contributed by atoms with Gasteiger partial charge in [0.2, 0.25) is 6.08 Å². The zero-order chi connectivity index (χ0) is 8.69. The van der Waals surface area contributed by atoms with Crippen LogP contribution >= 0.6 is 23.2 Å². The quantitative estimate of drug-likeness (QED) is 0.287. The minimum Gasteiger partial charge on any atom is -0.211 e. The van der Waals surface area contributed by atoms with Crippen LogP contribution in [0.5, 0.6) is 0 Å². The summed E-state index contributed by atoms with van der Waals surface area (Å²) in [5, 5.41) is -0.252. The lowest BCUT2D eigenvalue weighted by Crippen LogP contribution is -2.11. The highest BCUT2D eigenvalue weighted by atomic mass is 35.5. The number of isocyanates is 1. The molecule has 4 heteroatoms. The number of hydrogen-bond donors (Lipinski definition) is 0. The van der Waals surface area contributed by atoms with Crippen molar-refractivity contribution in [1.82, 2.24) is 0 Å². The Hall–Kier alpha value is -0.0400. The summed E-state index contributed by atoms with van der Waals surface area (Å²) in [4.78, 5) is 13.1. The Balaban J connectivity index is 3.62. The predicted molar refractivity (Wildman–Crippen MR) is 46.9 cm³/mol. The molecule has 2 atom stereocenters. The van der Waals surface area contributed by atoms with Crippen LogP contribution in [0.15, 0.2) is 4.99 Å². The Morgan fingerprint density at radius 3 is 2.64 bits per heavy atom. The fraction of sp³-hybridized carbons (Fsp3) is 0.857. The fourth-order valence-electron chi connectivity index (χ4n) is 0.668. The molecule has 0 radical (unpaired) electrons. The highest BCUT2D eigenvalue weighted by molar-refractivity contribution is 6.30. The van der Waals surface area contributed by atoms with E-state index >= 15 is 0 Å². The third-order valence-electron chi connectivity index (χ3n) is 1.31. The van der Waals surface area contributed by atoms with Gasteiger partial charge in [0.25, 0.3) is 0 Å². The topological polar surface area (TPSA) is 29.4 Å². The number of carbonyl (C=O) groups excluding carboxylic acids is 1. The van der Waals surface area contributed by atoms with Gasteiger partial charge in [0, 0.05) is 0 Å². The van der Waals surface area contributed by atoms with Crippen molar-refractivity contribution in [1.29, 1.82) is 0 Å². The van der Waals surface area contributed by atoms with Crippen molar-refractivity contribution in [2.45, 2.75) is 37.1 Å². The van der Waals surface area contributed by atoms with Crippen molar-refractivity contribution in [3.05, 3.63) is 0 Å². The number of rotatable bonds is 5. The smallest absolute Gasteiger partial charge is 0.211 e. The minimum atomic E-state index is -0.624. The third-order valence-corrected chi connectivity index (χ3v) is 2.30. The molecule has 64 valence electrons. The summed E-state index contributed by atoms with van der Waals surface area (Å²) in [7, 11) is 0. The van der Waals surface area contributed by atoms with E-state index in [1.54, 1.807) is 0 Å². The maximum Gasteiger partial charge on any atom is 0.236 e. The summed E-state index contributed by atoms with van der Waals surface area (Å²) in [5.74, 6) is 0. The van der Waals surface area contributed by atoms with Gasteiger partial charge in [-0.2, -0.15) is 4.99 Å². The van der Waals surface area contributed by atoms with Gasteiger partial charge in [-0.25, -0.2) is 4.79 Å². The Labute approximate surface area is 76.6 Å². The van der Waals surface area contributed by atoms with E-state index in [4.69, 9.17) is 23.2 Å². The third kappa shape index (κ3) is 5.25. The van der Waals surface area contributed by atoms with Gasteiger partial charge in [-0.15, -0.1) is 11.6 Å². The summed E-state index contributed by atoms with van der Waals surface area (Å²) in [6.07, 6.45) is 4.25. The molecule has 11 heavy (non-hydrogen) atoms. The molecule has 2 nitrogen and oxygen atoms in total. The summed E-state index contributed by atoms with van der Waals surface area (Å²) in [6.45, 7) is 2.07. The SMILES string of the molecule is CCCCC(Cl)C(Cl)N=C=O. The lowest BCUT2D eigenvalue weighted by Gasteiger charge is -2.08. The first kappa shape index (κ1) is 11.0. The van der Waals surface area contributed by atoms with Crippen LogP contribution < -0.4 is 0 Å². The molecule has 0 aliphatic carbocycles. The number of nitrogens with zero attached hydrogens (tertiary/aromatic N) is 1. The molecule has 0 heterocycles. The first-order valence-corrected chi connectivity index (χ1v) is 4.44. The molecular weight excluding hydrogens is 185 g/mol. The van der Waals surface area contributed by atoms with Crippen molar-refractivity contribution in [2.75, 3.05) is 0 Å². The Morgan fingerprint density at radius 2 is 2.18 bits per heavy atom. The van der Waals surface area contributed by atoms with E-state index in [9.17, 15) is 4.79 Å². The molecule has 0 rings (SSSR count). The van der Waals surface area contributed by atoms with Gasteiger partial charge in [-0.3, -0.25) is 0 Å². The fourth-order valence-corrected chi connectivity index (χ4v) is 1.04. The van der Waals surface area contributed by atoms with Gasteiger partial charge >= 0.3 is 0 Å². The van der Waals surface area contributed by atoms with E-state index in [1.807, 2.05) is 0 Å². The van der Waals surface area contributed by atoms with E-state index in [0.29, 0.717) is 0 Å².